The number of aromatic nitrogens is 1. The van der Waals surface area contributed by atoms with Crippen LogP contribution in [0.25, 0.3) is 10.9 Å². The van der Waals surface area contributed by atoms with Crippen LogP contribution in [0, 0.1) is 0 Å². The molecule has 0 atom stereocenters. The lowest BCUT2D eigenvalue weighted by atomic mass is 9.98. The van der Waals surface area contributed by atoms with Gasteiger partial charge in [0.05, 0.1) is 22.9 Å². The van der Waals surface area contributed by atoms with Crippen molar-refractivity contribution in [2.24, 2.45) is 0 Å². The largest absolute Gasteiger partial charge is 0.496 e. The van der Waals surface area contributed by atoms with E-state index in [0.717, 1.165) is 10.9 Å². The van der Waals surface area contributed by atoms with Crippen LogP contribution in [0.2, 0.25) is 0 Å². The summed E-state index contributed by atoms with van der Waals surface area (Å²) in [6, 6.07) is 6.90. The maximum Gasteiger partial charge on any atom is 0.416 e. The summed E-state index contributed by atoms with van der Waals surface area (Å²) in [5.74, 6) is 0. The van der Waals surface area contributed by atoms with Gasteiger partial charge in [-0.25, -0.2) is 4.79 Å². The van der Waals surface area contributed by atoms with Crippen molar-refractivity contribution in [2.45, 2.75) is 44.6 Å². The molecule has 1 N–H and O–H groups in total. The zero-order chi connectivity index (χ0) is 25.3. The lowest BCUT2D eigenvalue weighted by Gasteiger charge is -2.23. The molecule has 10 heteroatoms. The fourth-order valence-corrected chi connectivity index (χ4v) is 3.55. The Hall–Kier alpha value is -3.43. The second-order valence-corrected chi connectivity index (χ2v) is 8.31. The Morgan fingerprint density at radius 2 is 1.62 bits per heavy atom. The molecule has 2 aromatic carbocycles. The van der Waals surface area contributed by atoms with Gasteiger partial charge in [-0.15, -0.1) is 0 Å². The molecule has 0 saturated carbocycles. The third-order valence-corrected chi connectivity index (χ3v) is 5.25. The summed E-state index contributed by atoms with van der Waals surface area (Å²) in [6.07, 6.45) is -6.12. The molecule has 0 fully saturated rings. The highest BCUT2D eigenvalue weighted by molar-refractivity contribution is 5.99. The van der Waals surface area contributed by atoms with Crippen molar-refractivity contribution in [3.8, 4) is 0 Å². The number of ether oxygens (including phenoxy) is 1. The van der Waals surface area contributed by atoms with Gasteiger partial charge >= 0.3 is 18.4 Å². The first-order chi connectivity index (χ1) is 15.7. The zero-order valence-corrected chi connectivity index (χ0v) is 18.3. The Morgan fingerprint density at radius 3 is 2.18 bits per heavy atom. The van der Waals surface area contributed by atoms with Gasteiger partial charge in [0.2, 0.25) is 0 Å². The molecule has 0 radical (unpaired) electrons. The maximum absolute atomic E-state index is 13.1. The van der Waals surface area contributed by atoms with Crippen molar-refractivity contribution in [1.82, 2.24) is 4.57 Å². The molecule has 0 unspecified atom stereocenters. The van der Waals surface area contributed by atoms with Gasteiger partial charge in [-0.1, -0.05) is 24.8 Å². The fourth-order valence-electron chi connectivity index (χ4n) is 3.55. The molecule has 0 saturated heterocycles. The molecule has 3 aromatic rings. The van der Waals surface area contributed by atoms with E-state index < -0.39 is 40.8 Å². The number of aryl methyl sites for hydroxylation is 1. The minimum atomic E-state index is -5.02. The molecule has 0 aliphatic rings. The molecule has 34 heavy (non-hydrogen) atoms. The number of carbonyl (C=O) groups is 1. The molecule has 1 heterocycles. The highest BCUT2D eigenvalue weighted by atomic mass is 19.4. The highest BCUT2D eigenvalue weighted by Gasteiger charge is 2.37. The first-order valence-corrected chi connectivity index (χ1v) is 10.2. The van der Waals surface area contributed by atoms with Crippen molar-refractivity contribution in [1.29, 1.82) is 0 Å². The van der Waals surface area contributed by atoms with Crippen LogP contribution < -0.4 is 5.32 Å². The summed E-state index contributed by atoms with van der Waals surface area (Å²) >= 11 is 0. The molecule has 0 aliphatic carbocycles. The van der Waals surface area contributed by atoms with E-state index in [0.29, 0.717) is 30.5 Å². The molecule has 0 bridgehead atoms. The summed E-state index contributed by atoms with van der Waals surface area (Å²) < 4.78 is 85.5. The lowest BCUT2D eigenvalue weighted by Crippen LogP contribution is -2.22. The van der Waals surface area contributed by atoms with Crippen molar-refractivity contribution in [2.75, 3.05) is 5.32 Å². The summed E-state index contributed by atoms with van der Waals surface area (Å²) in [7, 11) is 0. The van der Waals surface area contributed by atoms with Crippen LogP contribution in [0.1, 0.15) is 37.0 Å². The van der Waals surface area contributed by atoms with E-state index in [-0.39, 0.29) is 6.07 Å². The van der Waals surface area contributed by atoms with Gasteiger partial charge in [0, 0.05) is 17.3 Å². The normalized spacial score (nSPS) is 12.6. The lowest BCUT2D eigenvalue weighted by molar-refractivity contribution is -0.143. The van der Waals surface area contributed by atoms with E-state index in [2.05, 4.69) is 11.9 Å². The maximum atomic E-state index is 13.1. The number of nitrogens with zero attached hydrogens (tertiary/aromatic N) is 1. The van der Waals surface area contributed by atoms with Crippen LogP contribution in [0.5, 0.6) is 0 Å². The van der Waals surface area contributed by atoms with Crippen molar-refractivity contribution < 1.29 is 35.9 Å². The van der Waals surface area contributed by atoms with Gasteiger partial charge in [0.15, 0.2) is 0 Å². The van der Waals surface area contributed by atoms with E-state index >= 15 is 0 Å². The van der Waals surface area contributed by atoms with Crippen molar-refractivity contribution in [3.63, 3.8) is 0 Å². The smallest absolute Gasteiger partial charge is 0.416 e. The van der Waals surface area contributed by atoms with Gasteiger partial charge < -0.3 is 10.1 Å². The number of amides is 1. The van der Waals surface area contributed by atoms with E-state index in [1.807, 2.05) is 13.8 Å². The highest BCUT2D eigenvalue weighted by Crippen LogP contribution is 2.37. The Balaban J connectivity index is 1.96. The topological polar surface area (TPSA) is 43.3 Å². The summed E-state index contributed by atoms with van der Waals surface area (Å²) in [5, 5.41) is 2.90. The Bertz CT molecular complexity index is 1180. The number of hydrogen-bond donors (Lipinski definition) is 1. The number of rotatable bonds is 6. The Morgan fingerprint density at radius 1 is 1.03 bits per heavy atom. The molecule has 1 amide bonds. The zero-order valence-electron chi connectivity index (χ0n) is 18.3. The first kappa shape index (κ1) is 25.2. The van der Waals surface area contributed by atoms with Crippen molar-refractivity contribution in [3.05, 3.63) is 78.2 Å². The molecular weight excluding hydrogens is 462 g/mol. The van der Waals surface area contributed by atoms with Gasteiger partial charge in [-0.3, -0.25) is 4.57 Å². The van der Waals surface area contributed by atoms with Gasteiger partial charge in [0.25, 0.3) is 0 Å². The van der Waals surface area contributed by atoms with E-state index in [1.165, 1.54) is 17.0 Å². The third kappa shape index (κ3) is 5.73. The molecule has 0 spiro atoms. The van der Waals surface area contributed by atoms with E-state index in [9.17, 15) is 31.1 Å². The predicted octanol–water partition coefficient (Wildman–Crippen LogP) is 7.63. The van der Waals surface area contributed by atoms with Crippen LogP contribution in [0.15, 0.2) is 61.5 Å². The second kappa shape index (κ2) is 9.08. The number of para-hydroxylation sites is 1. The molecule has 4 nitrogen and oxygen atoms in total. The van der Waals surface area contributed by atoms with Crippen LogP contribution in [-0.4, -0.2) is 16.2 Å². The Kier molecular flexibility index (Phi) is 6.73. The third-order valence-electron chi connectivity index (χ3n) is 5.25. The number of carbonyl (C=O) groups excluding carboxylic acids is 1. The number of alkyl halides is 6. The number of fused-ring (bicyclic) bond motifs is 1. The molecule has 182 valence electrons. The second-order valence-electron chi connectivity index (χ2n) is 8.31. The van der Waals surface area contributed by atoms with Crippen LogP contribution in [-0.2, 0) is 23.5 Å². The van der Waals surface area contributed by atoms with Crippen molar-refractivity contribution >= 4 is 22.6 Å². The SMILES string of the molecule is C=COC(C)(C)CCc1cn(C(=O)Nc2cc(C(F)(F)F)cc(C(F)(F)F)c2)c2ccccc12. The number of benzene rings is 2. The standard InChI is InChI=1S/C24H22F6N2O2/c1-4-34-22(2,3)10-9-15-14-32(20-8-6-5-7-19(15)20)21(33)31-18-12-16(23(25,26)27)11-17(13-18)24(28,29)30/h4-8,11-14H,1,9-10H2,2-3H3,(H,31,33). The number of halogens is 6. The summed E-state index contributed by atoms with van der Waals surface area (Å²) in [5.41, 5.74) is -2.95. The predicted molar refractivity (Wildman–Crippen MR) is 116 cm³/mol. The average Bonchev–Trinajstić information content (AvgIpc) is 3.10. The van der Waals surface area contributed by atoms with E-state index in [1.54, 1.807) is 24.3 Å². The number of nitrogens with one attached hydrogen (secondary N) is 1. The van der Waals surface area contributed by atoms with E-state index in [4.69, 9.17) is 4.74 Å². The number of hydrogen-bond acceptors (Lipinski definition) is 2. The van der Waals surface area contributed by atoms with Gasteiger partial charge in [-0.05, 0) is 56.5 Å². The minimum absolute atomic E-state index is 0.00584. The number of anilines is 1. The monoisotopic (exact) mass is 484 g/mol. The van der Waals surface area contributed by atoms with Gasteiger partial charge in [0.1, 0.15) is 5.60 Å². The average molecular weight is 484 g/mol. The van der Waals surface area contributed by atoms with Gasteiger partial charge in [-0.2, -0.15) is 26.3 Å². The van der Waals surface area contributed by atoms with Crippen LogP contribution >= 0.6 is 0 Å². The molecule has 3 rings (SSSR count). The minimum Gasteiger partial charge on any atom is -0.496 e. The van der Waals surface area contributed by atoms with Crippen LogP contribution in [0.3, 0.4) is 0 Å². The van der Waals surface area contributed by atoms with Crippen LogP contribution in [0.4, 0.5) is 36.8 Å². The molecular formula is C24H22F6N2O2. The molecule has 0 aliphatic heterocycles. The first-order valence-electron chi connectivity index (χ1n) is 10.2. The Labute approximate surface area is 191 Å². The quantitative estimate of drug-likeness (QED) is 0.289. The summed E-state index contributed by atoms with van der Waals surface area (Å²) in [6.45, 7) is 7.28. The summed E-state index contributed by atoms with van der Waals surface area (Å²) in [4.78, 5) is 12.9. The fraction of sp³-hybridized carbons (Fsp3) is 0.292. The molecule has 1 aromatic heterocycles.